The number of hydrogen-bond acceptors (Lipinski definition) is 2. The summed E-state index contributed by atoms with van der Waals surface area (Å²) in [7, 11) is 1.78. The van der Waals surface area contributed by atoms with Crippen LogP contribution in [0.4, 0.5) is 0 Å². The van der Waals surface area contributed by atoms with Gasteiger partial charge in [0.15, 0.2) is 0 Å². The molecule has 0 bridgehead atoms. The summed E-state index contributed by atoms with van der Waals surface area (Å²) in [6.07, 6.45) is 12.0. The number of methoxy groups -OCH3 is 1. The van der Waals surface area contributed by atoms with Gasteiger partial charge in [-0.1, -0.05) is 65.7 Å². The summed E-state index contributed by atoms with van der Waals surface area (Å²) in [5.41, 5.74) is 0.334. The Morgan fingerprint density at radius 3 is 2.14 bits per heavy atom. The van der Waals surface area contributed by atoms with Gasteiger partial charge in [-0.25, -0.2) is 0 Å². The Morgan fingerprint density at radius 1 is 1.05 bits per heavy atom. The zero-order valence-corrected chi connectivity index (χ0v) is 17.1. The highest BCUT2D eigenvalue weighted by atomic mass is 127. The number of ether oxygens (including phenoxy) is 1. The molecule has 1 unspecified atom stereocenters. The van der Waals surface area contributed by atoms with E-state index in [1.807, 2.05) is 11.3 Å². The van der Waals surface area contributed by atoms with Crippen LogP contribution in [-0.4, -0.2) is 7.11 Å². The van der Waals surface area contributed by atoms with E-state index in [1.54, 1.807) is 12.0 Å². The van der Waals surface area contributed by atoms with E-state index >= 15 is 0 Å². The highest BCUT2D eigenvalue weighted by Crippen LogP contribution is 2.44. The largest absolute Gasteiger partial charge is 0.495 e. The molecule has 1 atom stereocenters. The predicted octanol–water partition coefficient (Wildman–Crippen LogP) is 7.17. The second-order valence-corrected chi connectivity index (χ2v) is 8.23. The number of rotatable bonds is 11. The molecule has 0 aliphatic heterocycles. The molecule has 3 heteroatoms. The Labute approximate surface area is 149 Å². The third kappa shape index (κ3) is 5.74. The standard InChI is InChI=1S/C18H31IOS/c1-5-7-9-11-13-18(3,12-10-8-6-2)17-16(19)15(20-4)14-21-17/h14H,5-13H2,1-4H3. The molecular formula is C18H31IOS. The van der Waals surface area contributed by atoms with Crippen molar-refractivity contribution in [3.63, 3.8) is 0 Å². The molecule has 1 nitrogen and oxygen atoms in total. The number of thiophene rings is 1. The molecule has 0 aliphatic rings. The Bertz CT molecular complexity index is 402. The first-order valence-electron chi connectivity index (χ1n) is 8.40. The second kappa shape index (κ2) is 10.1. The normalized spacial score (nSPS) is 14.1. The molecule has 0 saturated heterocycles. The molecule has 0 fully saturated rings. The molecule has 0 N–H and O–H groups in total. The fourth-order valence-corrected chi connectivity index (χ4v) is 5.68. The molecule has 0 aliphatic carbocycles. The molecular weight excluding hydrogens is 391 g/mol. The summed E-state index contributed by atoms with van der Waals surface area (Å²) >= 11 is 4.37. The Hall–Kier alpha value is 0.230. The van der Waals surface area contributed by atoms with Gasteiger partial charge in [0.25, 0.3) is 0 Å². The van der Waals surface area contributed by atoms with Crippen molar-refractivity contribution in [1.82, 2.24) is 0 Å². The van der Waals surface area contributed by atoms with Crippen molar-refractivity contribution in [1.29, 1.82) is 0 Å². The number of halogens is 1. The van der Waals surface area contributed by atoms with Crippen molar-refractivity contribution >= 4 is 33.9 Å². The third-order valence-corrected chi connectivity index (χ3v) is 7.08. The smallest absolute Gasteiger partial charge is 0.143 e. The first-order chi connectivity index (χ1) is 10.1. The zero-order chi connectivity index (χ0) is 15.7. The molecule has 1 heterocycles. The number of hydrogen-bond donors (Lipinski definition) is 0. The van der Waals surface area contributed by atoms with E-state index in [9.17, 15) is 0 Å². The highest BCUT2D eigenvalue weighted by molar-refractivity contribution is 14.1. The van der Waals surface area contributed by atoms with Crippen molar-refractivity contribution in [2.24, 2.45) is 0 Å². The van der Waals surface area contributed by atoms with Gasteiger partial charge in [-0.2, -0.15) is 0 Å². The fraction of sp³-hybridized carbons (Fsp3) is 0.778. The van der Waals surface area contributed by atoms with Gasteiger partial charge in [-0.05, 0) is 35.4 Å². The Balaban J connectivity index is 2.80. The van der Waals surface area contributed by atoms with Crippen LogP contribution >= 0.6 is 33.9 Å². The molecule has 1 aromatic heterocycles. The molecule has 1 aromatic rings. The van der Waals surface area contributed by atoms with Gasteiger partial charge in [0.05, 0.1) is 10.7 Å². The summed E-state index contributed by atoms with van der Waals surface area (Å²) in [5.74, 6) is 1.06. The van der Waals surface area contributed by atoms with Crippen molar-refractivity contribution in [3.8, 4) is 5.75 Å². The van der Waals surface area contributed by atoms with E-state index < -0.39 is 0 Å². The average molecular weight is 422 g/mol. The molecule has 0 amide bonds. The third-order valence-electron chi connectivity index (χ3n) is 4.38. The average Bonchev–Trinajstić information content (AvgIpc) is 2.85. The quantitative estimate of drug-likeness (QED) is 0.271. The Morgan fingerprint density at radius 2 is 1.62 bits per heavy atom. The molecule has 0 aromatic carbocycles. The van der Waals surface area contributed by atoms with E-state index in [1.165, 1.54) is 61.4 Å². The maximum absolute atomic E-state index is 5.49. The van der Waals surface area contributed by atoms with Crippen LogP contribution in [0.2, 0.25) is 0 Å². The summed E-state index contributed by atoms with van der Waals surface area (Å²) < 4.78 is 6.83. The van der Waals surface area contributed by atoms with Crippen LogP contribution in [0.5, 0.6) is 5.75 Å². The molecule has 0 spiro atoms. The van der Waals surface area contributed by atoms with Crippen molar-refractivity contribution < 1.29 is 4.74 Å². The molecule has 1 rings (SSSR count). The van der Waals surface area contributed by atoms with E-state index in [0.29, 0.717) is 5.41 Å². The fourth-order valence-electron chi connectivity index (χ4n) is 2.93. The lowest BCUT2D eigenvalue weighted by Gasteiger charge is -2.29. The van der Waals surface area contributed by atoms with Crippen LogP contribution in [0.1, 0.15) is 83.4 Å². The summed E-state index contributed by atoms with van der Waals surface area (Å²) in [6, 6.07) is 0. The van der Waals surface area contributed by atoms with Gasteiger partial charge in [0.1, 0.15) is 5.75 Å². The van der Waals surface area contributed by atoms with Gasteiger partial charge in [-0.3, -0.25) is 0 Å². The molecule has 0 saturated carbocycles. The summed E-state index contributed by atoms with van der Waals surface area (Å²) in [4.78, 5) is 1.55. The highest BCUT2D eigenvalue weighted by Gasteiger charge is 2.30. The molecule has 122 valence electrons. The summed E-state index contributed by atoms with van der Waals surface area (Å²) in [6.45, 7) is 7.05. The van der Waals surface area contributed by atoms with Crippen LogP contribution in [0.3, 0.4) is 0 Å². The number of unbranched alkanes of at least 4 members (excludes halogenated alkanes) is 5. The minimum absolute atomic E-state index is 0.334. The van der Waals surface area contributed by atoms with Gasteiger partial charge < -0.3 is 4.74 Å². The van der Waals surface area contributed by atoms with E-state index in [4.69, 9.17) is 4.74 Å². The second-order valence-electron chi connectivity index (χ2n) is 6.28. The zero-order valence-electron chi connectivity index (χ0n) is 14.1. The van der Waals surface area contributed by atoms with Crippen LogP contribution in [0.25, 0.3) is 0 Å². The maximum Gasteiger partial charge on any atom is 0.143 e. The van der Waals surface area contributed by atoms with Crippen LogP contribution in [0, 0.1) is 3.57 Å². The Kier molecular flexibility index (Phi) is 9.26. The molecule has 0 radical (unpaired) electrons. The predicted molar refractivity (Wildman–Crippen MR) is 104 cm³/mol. The van der Waals surface area contributed by atoms with Crippen molar-refractivity contribution in [3.05, 3.63) is 13.8 Å². The van der Waals surface area contributed by atoms with Gasteiger partial charge in [-0.15, -0.1) is 11.3 Å². The van der Waals surface area contributed by atoms with E-state index in [2.05, 4.69) is 48.7 Å². The van der Waals surface area contributed by atoms with Crippen molar-refractivity contribution in [2.45, 2.75) is 84.0 Å². The van der Waals surface area contributed by atoms with Crippen LogP contribution < -0.4 is 4.74 Å². The lowest BCUT2D eigenvalue weighted by Crippen LogP contribution is -2.22. The first-order valence-corrected chi connectivity index (χ1v) is 10.4. The SMILES string of the molecule is CCCCCCC(C)(CCCCC)c1scc(OC)c1I. The minimum atomic E-state index is 0.334. The molecule has 21 heavy (non-hydrogen) atoms. The van der Waals surface area contributed by atoms with Gasteiger partial charge in [0.2, 0.25) is 0 Å². The maximum atomic E-state index is 5.49. The monoisotopic (exact) mass is 422 g/mol. The van der Waals surface area contributed by atoms with E-state index in [0.717, 1.165) is 5.75 Å². The van der Waals surface area contributed by atoms with Gasteiger partial charge in [0, 0.05) is 15.7 Å². The first kappa shape index (κ1) is 19.3. The van der Waals surface area contributed by atoms with Crippen LogP contribution in [0.15, 0.2) is 5.38 Å². The van der Waals surface area contributed by atoms with Crippen molar-refractivity contribution in [2.75, 3.05) is 7.11 Å². The lowest BCUT2D eigenvalue weighted by atomic mass is 9.78. The lowest BCUT2D eigenvalue weighted by molar-refractivity contribution is 0.367. The topological polar surface area (TPSA) is 9.23 Å². The summed E-state index contributed by atoms with van der Waals surface area (Å²) in [5, 5.41) is 2.18. The van der Waals surface area contributed by atoms with E-state index in [-0.39, 0.29) is 0 Å². The van der Waals surface area contributed by atoms with Crippen LogP contribution in [-0.2, 0) is 5.41 Å². The van der Waals surface area contributed by atoms with Gasteiger partial charge >= 0.3 is 0 Å². The minimum Gasteiger partial charge on any atom is -0.495 e.